The van der Waals surface area contributed by atoms with E-state index in [1.807, 2.05) is 24.3 Å². The number of carbonyl (C=O) groups is 2. The van der Waals surface area contributed by atoms with Gasteiger partial charge in [-0.1, -0.05) is 24.3 Å². The van der Waals surface area contributed by atoms with Gasteiger partial charge >= 0.3 is 11.9 Å². The van der Waals surface area contributed by atoms with Gasteiger partial charge in [-0.25, -0.2) is 0 Å². The molecule has 1 saturated carbocycles. The molecule has 6 atom stereocenters. The predicted molar refractivity (Wildman–Crippen MR) is 54.5 cm³/mol. The molecule has 4 heteroatoms. The van der Waals surface area contributed by atoms with Crippen molar-refractivity contribution in [3.05, 3.63) is 24.3 Å². The summed E-state index contributed by atoms with van der Waals surface area (Å²) in [5.74, 6) is -3.29. The third-order valence-corrected chi connectivity index (χ3v) is 4.23. The fraction of sp³-hybridized carbons (Fsp3) is 0.500. The number of rotatable bonds is 2. The zero-order valence-electron chi connectivity index (χ0n) is 8.48. The highest BCUT2D eigenvalue weighted by Gasteiger charge is 2.57. The molecule has 0 radical (unpaired) electrons. The number of carboxylic acid groups (broad SMARTS) is 2. The zero-order chi connectivity index (χ0) is 11.4. The first kappa shape index (κ1) is 9.63. The number of aliphatic carboxylic acids is 2. The van der Waals surface area contributed by atoms with E-state index in [4.69, 9.17) is 0 Å². The van der Waals surface area contributed by atoms with Crippen LogP contribution in [0.3, 0.4) is 0 Å². The van der Waals surface area contributed by atoms with Crippen molar-refractivity contribution < 1.29 is 19.8 Å². The highest BCUT2D eigenvalue weighted by Crippen LogP contribution is 2.55. The molecule has 0 amide bonds. The van der Waals surface area contributed by atoms with E-state index in [2.05, 4.69) is 0 Å². The van der Waals surface area contributed by atoms with Crippen LogP contribution in [0.5, 0.6) is 0 Å². The molecule has 4 aliphatic rings. The molecule has 2 N–H and O–H groups in total. The quantitative estimate of drug-likeness (QED) is 0.681. The van der Waals surface area contributed by atoms with Crippen molar-refractivity contribution in [2.75, 3.05) is 0 Å². The van der Waals surface area contributed by atoms with E-state index in [0.717, 1.165) is 0 Å². The summed E-state index contributed by atoms with van der Waals surface area (Å²) in [5.41, 5.74) is 0. The van der Waals surface area contributed by atoms with Gasteiger partial charge in [0.2, 0.25) is 0 Å². The molecule has 4 rings (SSSR count). The van der Waals surface area contributed by atoms with Gasteiger partial charge in [-0.3, -0.25) is 9.59 Å². The molecule has 0 saturated heterocycles. The summed E-state index contributed by atoms with van der Waals surface area (Å²) in [7, 11) is 0. The Bertz CT molecular complexity index is 385. The Morgan fingerprint density at radius 3 is 1.25 bits per heavy atom. The number of allylic oxidation sites excluding steroid dienone is 4. The van der Waals surface area contributed by atoms with Gasteiger partial charge in [-0.05, 0) is 23.7 Å². The minimum atomic E-state index is -0.981. The molecule has 4 nitrogen and oxygen atoms in total. The highest BCUT2D eigenvalue weighted by atomic mass is 16.4. The van der Waals surface area contributed by atoms with Gasteiger partial charge < -0.3 is 10.2 Å². The standard InChI is InChI=1S/C12H12O4/c13-11(14)9-7-3-4-8(10(9)12(15)16)6-2-1-5(6)7/h1-10H,(H,13,14)(H,15,16)/t5-,6+,7-,8-,9-,10+/m0/s1. The predicted octanol–water partition coefficient (Wildman–Crippen LogP) is 1.01. The Morgan fingerprint density at radius 2 is 1.00 bits per heavy atom. The van der Waals surface area contributed by atoms with Crippen LogP contribution < -0.4 is 0 Å². The average Bonchev–Trinajstić information content (AvgIpc) is 2.15. The monoisotopic (exact) mass is 220 g/mol. The van der Waals surface area contributed by atoms with E-state index in [1.54, 1.807) is 0 Å². The molecule has 0 aromatic carbocycles. The lowest BCUT2D eigenvalue weighted by molar-refractivity contribution is -0.163. The number of carboxylic acids is 2. The first-order chi connectivity index (χ1) is 7.61. The van der Waals surface area contributed by atoms with E-state index in [0.29, 0.717) is 0 Å². The molecule has 0 heterocycles. The van der Waals surface area contributed by atoms with Crippen LogP contribution in [0.15, 0.2) is 24.3 Å². The minimum absolute atomic E-state index is 0.140. The smallest absolute Gasteiger partial charge is 0.308 e. The minimum Gasteiger partial charge on any atom is -0.481 e. The molecule has 16 heavy (non-hydrogen) atoms. The Balaban J connectivity index is 2.05. The molecular weight excluding hydrogens is 208 g/mol. The molecule has 4 aliphatic carbocycles. The first-order valence-corrected chi connectivity index (χ1v) is 5.43. The second-order valence-corrected chi connectivity index (χ2v) is 4.81. The van der Waals surface area contributed by atoms with Gasteiger partial charge in [0.15, 0.2) is 0 Å². The lowest BCUT2D eigenvalue weighted by Crippen LogP contribution is -2.54. The normalized spacial score (nSPS) is 47.2. The highest BCUT2D eigenvalue weighted by molar-refractivity contribution is 5.82. The second kappa shape index (κ2) is 2.97. The Kier molecular flexibility index (Phi) is 1.79. The topological polar surface area (TPSA) is 74.6 Å². The van der Waals surface area contributed by atoms with Crippen LogP contribution in [0.1, 0.15) is 0 Å². The first-order valence-electron chi connectivity index (χ1n) is 5.43. The van der Waals surface area contributed by atoms with E-state index in [9.17, 15) is 19.8 Å². The lowest BCUT2D eigenvalue weighted by Gasteiger charge is -2.52. The largest absolute Gasteiger partial charge is 0.481 e. The van der Waals surface area contributed by atoms with E-state index < -0.39 is 23.8 Å². The second-order valence-electron chi connectivity index (χ2n) is 4.81. The summed E-state index contributed by atoms with van der Waals surface area (Å²) in [6, 6.07) is 0. The maximum Gasteiger partial charge on any atom is 0.308 e. The van der Waals surface area contributed by atoms with Crippen LogP contribution in [0.2, 0.25) is 0 Å². The number of fused-ring (bicyclic) bond motifs is 1. The average molecular weight is 220 g/mol. The van der Waals surface area contributed by atoms with Crippen molar-refractivity contribution in [1.82, 2.24) is 0 Å². The Labute approximate surface area is 92.3 Å². The fourth-order valence-electron chi connectivity index (χ4n) is 3.48. The van der Waals surface area contributed by atoms with Crippen molar-refractivity contribution >= 4 is 11.9 Å². The summed E-state index contributed by atoms with van der Waals surface area (Å²) < 4.78 is 0. The molecule has 0 aromatic heterocycles. The van der Waals surface area contributed by atoms with Crippen molar-refractivity contribution in [2.45, 2.75) is 0 Å². The maximum atomic E-state index is 11.2. The molecule has 0 unspecified atom stereocenters. The molecule has 2 bridgehead atoms. The van der Waals surface area contributed by atoms with Crippen LogP contribution in [0.25, 0.3) is 0 Å². The Morgan fingerprint density at radius 1 is 0.688 bits per heavy atom. The molecule has 0 aromatic rings. The summed E-state index contributed by atoms with van der Waals surface area (Å²) in [6.07, 6.45) is 7.82. The van der Waals surface area contributed by atoms with Crippen molar-refractivity contribution in [3.63, 3.8) is 0 Å². The molecule has 84 valence electrons. The molecule has 0 spiro atoms. The van der Waals surface area contributed by atoms with Crippen molar-refractivity contribution in [1.29, 1.82) is 0 Å². The number of hydrogen-bond acceptors (Lipinski definition) is 2. The van der Waals surface area contributed by atoms with Gasteiger partial charge in [0.25, 0.3) is 0 Å². The summed E-state index contributed by atoms with van der Waals surface area (Å²) in [6.45, 7) is 0. The van der Waals surface area contributed by atoms with Crippen LogP contribution in [-0.4, -0.2) is 22.2 Å². The lowest BCUT2D eigenvalue weighted by atomic mass is 9.50. The van der Waals surface area contributed by atoms with E-state index >= 15 is 0 Å². The summed E-state index contributed by atoms with van der Waals surface area (Å²) in [5, 5.41) is 18.4. The molecular formula is C12H12O4. The summed E-state index contributed by atoms with van der Waals surface area (Å²) in [4.78, 5) is 22.4. The van der Waals surface area contributed by atoms with Crippen LogP contribution in [0.4, 0.5) is 0 Å². The Hall–Kier alpha value is -1.58. The van der Waals surface area contributed by atoms with Gasteiger partial charge in [0.1, 0.15) is 0 Å². The van der Waals surface area contributed by atoms with Crippen LogP contribution in [0, 0.1) is 35.5 Å². The third-order valence-electron chi connectivity index (χ3n) is 4.23. The van der Waals surface area contributed by atoms with Crippen LogP contribution in [-0.2, 0) is 9.59 Å². The van der Waals surface area contributed by atoms with Gasteiger partial charge in [-0.15, -0.1) is 0 Å². The van der Waals surface area contributed by atoms with Gasteiger partial charge in [0.05, 0.1) is 11.8 Å². The third kappa shape index (κ3) is 0.991. The van der Waals surface area contributed by atoms with E-state index in [-0.39, 0.29) is 23.7 Å². The molecule has 1 fully saturated rings. The SMILES string of the molecule is O=C(O)[C@@H]1[C@H]2C=C[C@@H]([C@H]3C=C[C@H]32)[C@@H]1C(=O)O. The van der Waals surface area contributed by atoms with Gasteiger partial charge in [-0.2, -0.15) is 0 Å². The fourth-order valence-corrected chi connectivity index (χ4v) is 3.48. The van der Waals surface area contributed by atoms with Crippen molar-refractivity contribution in [3.8, 4) is 0 Å². The summed E-state index contributed by atoms with van der Waals surface area (Å²) >= 11 is 0. The number of hydrogen-bond donors (Lipinski definition) is 2. The maximum absolute atomic E-state index is 11.2. The molecule has 0 aliphatic heterocycles. The zero-order valence-corrected chi connectivity index (χ0v) is 8.48. The van der Waals surface area contributed by atoms with Crippen molar-refractivity contribution in [2.24, 2.45) is 35.5 Å². The van der Waals surface area contributed by atoms with Crippen LogP contribution >= 0.6 is 0 Å². The van der Waals surface area contributed by atoms with Gasteiger partial charge in [0, 0.05) is 0 Å². The van der Waals surface area contributed by atoms with E-state index in [1.165, 1.54) is 0 Å².